The summed E-state index contributed by atoms with van der Waals surface area (Å²) in [5.74, 6) is 0.181. The summed E-state index contributed by atoms with van der Waals surface area (Å²) in [7, 11) is 1.83. The van der Waals surface area contributed by atoms with E-state index in [9.17, 15) is 4.79 Å². The molecule has 1 amide bonds. The third-order valence-electron chi connectivity index (χ3n) is 4.26. The van der Waals surface area contributed by atoms with Gasteiger partial charge in [0.15, 0.2) is 0 Å². The minimum absolute atomic E-state index is 0.181. The molecule has 1 aliphatic carbocycles. The van der Waals surface area contributed by atoms with Crippen molar-refractivity contribution < 1.29 is 4.79 Å². The monoisotopic (exact) mass is 245 g/mol. The van der Waals surface area contributed by atoms with Gasteiger partial charge < -0.3 is 5.73 Å². The van der Waals surface area contributed by atoms with Crippen LogP contribution in [0.15, 0.2) is 24.3 Å². The summed E-state index contributed by atoms with van der Waals surface area (Å²) in [4.78, 5) is 11.6. The first-order valence-electron chi connectivity index (χ1n) is 6.51. The molecule has 1 aliphatic heterocycles. The van der Waals surface area contributed by atoms with Crippen LogP contribution in [0, 0.1) is 0 Å². The van der Waals surface area contributed by atoms with Gasteiger partial charge in [-0.05, 0) is 30.5 Å². The summed E-state index contributed by atoms with van der Waals surface area (Å²) in [6.07, 6.45) is 2.96. The summed E-state index contributed by atoms with van der Waals surface area (Å²) in [6.45, 7) is 1.49. The van der Waals surface area contributed by atoms with Crippen LogP contribution in [0.5, 0.6) is 0 Å². The van der Waals surface area contributed by atoms with E-state index in [2.05, 4.69) is 24.3 Å². The Balaban J connectivity index is 1.90. The molecule has 0 aromatic heterocycles. The van der Waals surface area contributed by atoms with Crippen LogP contribution < -0.4 is 10.7 Å². The second-order valence-corrected chi connectivity index (χ2v) is 5.33. The average Bonchev–Trinajstić information content (AvgIpc) is 3.13. The minimum atomic E-state index is 0.181. The Bertz CT molecular complexity index is 482. The molecule has 1 aromatic carbocycles. The number of hydrogen-bond acceptors (Lipinski definition) is 3. The molecule has 4 heteroatoms. The van der Waals surface area contributed by atoms with Crippen molar-refractivity contribution in [1.29, 1.82) is 0 Å². The Morgan fingerprint density at radius 3 is 2.72 bits per heavy atom. The predicted molar refractivity (Wildman–Crippen MR) is 71.1 cm³/mol. The van der Waals surface area contributed by atoms with Crippen LogP contribution in [0.1, 0.15) is 24.8 Å². The van der Waals surface area contributed by atoms with Crippen molar-refractivity contribution in [1.82, 2.24) is 5.01 Å². The number of nitrogens with two attached hydrogens (primary N) is 1. The fourth-order valence-electron chi connectivity index (χ4n) is 2.71. The highest BCUT2D eigenvalue weighted by Crippen LogP contribution is 2.47. The fourth-order valence-corrected chi connectivity index (χ4v) is 2.71. The second-order valence-electron chi connectivity index (χ2n) is 5.33. The van der Waals surface area contributed by atoms with Crippen LogP contribution in [-0.4, -0.2) is 31.1 Å². The maximum atomic E-state index is 11.6. The molecule has 18 heavy (non-hydrogen) atoms. The molecule has 2 aliphatic rings. The van der Waals surface area contributed by atoms with Gasteiger partial charge in [0.25, 0.3) is 0 Å². The summed E-state index contributed by atoms with van der Waals surface area (Å²) in [6, 6.07) is 8.47. The smallest absolute Gasteiger partial charge is 0.242 e. The van der Waals surface area contributed by atoms with Crippen molar-refractivity contribution in [3.05, 3.63) is 29.8 Å². The number of amides is 1. The Morgan fingerprint density at radius 2 is 2.17 bits per heavy atom. The lowest BCUT2D eigenvalue weighted by Crippen LogP contribution is -2.35. The zero-order valence-corrected chi connectivity index (χ0v) is 10.7. The lowest BCUT2D eigenvalue weighted by molar-refractivity contribution is -0.126. The normalized spacial score (nSPS) is 21.6. The topological polar surface area (TPSA) is 49.6 Å². The first kappa shape index (κ1) is 11.5. The standard InChI is InChI=1S/C14H19N3O/c1-16-13(18)5-8-17(16)12-4-2-3-11(9-12)14(10-15)6-7-14/h2-4,9H,5-8,10,15H2,1H3. The zero-order valence-electron chi connectivity index (χ0n) is 10.7. The Kier molecular flexibility index (Phi) is 2.55. The largest absolute Gasteiger partial charge is 0.330 e. The highest BCUT2D eigenvalue weighted by Gasteiger charge is 2.43. The minimum Gasteiger partial charge on any atom is -0.330 e. The summed E-state index contributed by atoms with van der Waals surface area (Å²) >= 11 is 0. The molecular weight excluding hydrogens is 226 g/mol. The third-order valence-corrected chi connectivity index (χ3v) is 4.26. The number of hydrazine groups is 1. The number of nitrogens with zero attached hydrogens (tertiary/aromatic N) is 2. The second kappa shape index (κ2) is 3.99. The summed E-state index contributed by atoms with van der Waals surface area (Å²) in [5.41, 5.74) is 8.50. The Morgan fingerprint density at radius 1 is 1.39 bits per heavy atom. The lowest BCUT2D eigenvalue weighted by atomic mass is 9.96. The number of hydrogen-bond donors (Lipinski definition) is 1. The van der Waals surface area contributed by atoms with Crippen molar-refractivity contribution >= 4 is 11.6 Å². The van der Waals surface area contributed by atoms with Crippen molar-refractivity contribution in [2.45, 2.75) is 24.7 Å². The van der Waals surface area contributed by atoms with Crippen LogP contribution >= 0.6 is 0 Å². The molecule has 0 radical (unpaired) electrons. The van der Waals surface area contributed by atoms with E-state index in [4.69, 9.17) is 5.73 Å². The molecule has 0 atom stereocenters. The molecule has 1 saturated heterocycles. The molecule has 1 saturated carbocycles. The lowest BCUT2D eigenvalue weighted by Gasteiger charge is -2.27. The van der Waals surface area contributed by atoms with Crippen molar-refractivity contribution in [3.63, 3.8) is 0 Å². The van der Waals surface area contributed by atoms with Crippen LogP contribution in [0.3, 0.4) is 0 Å². The molecule has 0 unspecified atom stereocenters. The number of rotatable bonds is 3. The molecule has 4 nitrogen and oxygen atoms in total. The van der Waals surface area contributed by atoms with Gasteiger partial charge in [-0.15, -0.1) is 0 Å². The Hall–Kier alpha value is -1.55. The SMILES string of the molecule is CN1C(=O)CCN1c1cccc(C2(CN)CC2)c1. The van der Waals surface area contributed by atoms with Crippen molar-refractivity contribution in [2.24, 2.45) is 5.73 Å². The first-order valence-corrected chi connectivity index (χ1v) is 6.51. The van der Waals surface area contributed by atoms with E-state index >= 15 is 0 Å². The first-order chi connectivity index (χ1) is 8.66. The van der Waals surface area contributed by atoms with Gasteiger partial charge in [0.2, 0.25) is 5.91 Å². The number of carbonyl (C=O) groups is 1. The van der Waals surface area contributed by atoms with E-state index in [0.29, 0.717) is 13.0 Å². The van der Waals surface area contributed by atoms with Gasteiger partial charge in [0.1, 0.15) is 0 Å². The van der Waals surface area contributed by atoms with Gasteiger partial charge in [-0.3, -0.25) is 14.8 Å². The van der Waals surface area contributed by atoms with E-state index in [0.717, 1.165) is 12.2 Å². The van der Waals surface area contributed by atoms with E-state index < -0.39 is 0 Å². The summed E-state index contributed by atoms with van der Waals surface area (Å²) in [5, 5.41) is 3.75. The highest BCUT2D eigenvalue weighted by atomic mass is 16.2. The average molecular weight is 245 g/mol. The fraction of sp³-hybridized carbons (Fsp3) is 0.500. The predicted octanol–water partition coefficient (Wildman–Crippen LogP) is 1.26. The Labute approximate surface area is 107 Å². The molecule has 2 fully saturated rings. The van der Waals surface area contributed by atoms with Gasteiger partial charge in [-0.25, -0.2) is 0 Å². The van der Waals surface area contributed by atoms with Gasteiger partial charge in [0.05, 0.1) is 5.69 Å². The van der Waals surface area contributed by atoms with E-state index in [1.165, 1.54) is 18.4 Å². The number of carbonyl (C=O) groups excluding carboxylic acids is 1. The van der Waals surface area contributed by atoms with Crippen LogP contribution in [0.4, 0.5) is 5.69 Å². The van der Waals surface area contributed by atoms with E-state index in [-0.39, 0.29) is 11.3 Å². The van der Waals surface area contributed by atoms with Gasteiger partial charge in [-0.1, -0.05) is 12.1 Å². The van der Waals surface area contributed by atoms with Gasteiger partial charge in [0, 0.05) is 32.0 Å². The zero-order chi connectivity index (χ0) is 12.8. The highest BCUT2D eigenvalue weighted by molar-refractivity contribution is 5.81. The van der Waals surface area contributed by atoms with Crippen molar-refractivity contribution in [3.8, 4) is 0 Å². The van der Waals surface area contributed by atoms with Gasteiger partial charge in [-0.2, -0.15) is 0 Å². The molecule has 0 spiro atoms. The van der Waals surface area contributed by atoms with Crippen LogP contribution in [-0.2, 0) is 10.2 Å². The molecule has 1 heterocycles. The van der Waals surface area contributed by atoms with Gasteiger partial charge >= 0.3 is 0 Å². The van der Waals surface area contributed by atoms with E-state index in [1.54, 1.807) is 5.01 Å². The quantitative estimate of drug-likeness (QED) is 0.872. The molecular formula is C14H19N3O. The summed E-state index contributed by atoms with van der Waals surface area (Å²) < 4.78 is 0. The van der Waals surface area contributed by atoms with Crippen LogP contribution in [0.25, 0.3) is 0 Å². The van der Waals surface area contributed by atoms with E-state index in [1.807, 2.05) is 12.1 Å². The number of anilines is 1. The van der Waals surface area contributed by atoms with Crippen LogP contribution in [0.2, 0.25) is 0 Å². The molecule has 0 bridgehead atoms. The van der Waals surface area contributed by atoms with Crippen molar-refractivity contribution in [2.75, 3.05) is 25.1 Å². The number of benzene rings is 1. The maximum absolute atomic E-state index is 11.6. The molecule has 96 valence electrons. The maximum Gasteiger partial charge on any atom is 0.242 e. The third kappa shape index (κ3) is 1.68. The molecule has 3 rings (SSSR count). The molecule has 1 aromatic rings. The molecule has 2 N–H and O–H groups in total.